The Hall–Kier alpha value is -2.08. The molecular formula is C13H17NO5. The second-order valence-electron chi connectivity index (χ2n) is 4.20. The van der Waals surface area contributed by atoms with Crippen molar-refractivity contribution in [2.75, 3.05) is 13.2 Å². The standard InChI is InChI=1S/C13H17NO5/c1-8-3-4-9(2)11(5-8)19-7-12(16)14-10(6-15)13(17)18/h3-5,10,15H,6-7H2,1-2H3,(H,14,16)(H,17,18)/t10-/m0/s1. The van der Waals surface area contributed by atoms with Gasteiger partial charge in [0.2, 0.25) is 0 Å². The molecule has 1 aromatic rings. The molecule has 1 rings (SSSR count). The number of carboxylic acids is 1. The Morgan fingerprint density at radius 3 is 2.63 bits per heavy atom. The molecule has 0 aliphatic heterocycles. The van der Waals surface area contributed by atoms with E-state index in [-0.39, 0.29) is 6.61 Å². The fraction of sp³-hybridized carbons (Fsp3) is 0.385. The summed E-state index contributed by atoms with van der Waals surface area (Å²) in [6.07, 6.45) is 0. The third-order valence-corrected chi connectivity index (χ3v) is 2.52. The first-order valence-corrected chi connectivity index (χ1v) is 5.77. The average Bonchev–Trinajstić information content (AvgIpc) is 2.36. The molecule has 0 saturated carbocycles. The predicted octanol–water partition coefficient (Wildman–Crippen LogP) is 0.244. The summed E-state index contributed by atoms with van der Waals surface area (Å²) in [4.78, 5) is 22.1. The minimum absolute atomic E-state index is 0.298. The number of ether oxygens (including phenoxy) is 1. The lowest BCUT2D eigenvalue weighted by Gasteiger charge is -2.13. The second-order valence-corrected chi connectivity index (χ2v) is 4.20. The second kappa shape index (κ2) is 6.75. The van der Waals surface area contributed by atoms with Crippen LogP contribution in [0.15, 0.2) is 18.2 Å². The fourth-order valence-electron chi connectivity index (χ4n) is 1.43. The highest BCUT2D eigenvalue weighted by Crippen LogP contribution is 2.18. The predicted molar refractivity (Wildman–Crippen MR) is 68.1 cm³/mol. The van der Waals surface area contributed by atoms with Gasteiger partial charge >= 0.3 is 5.97 Å². The number of nitrogens with one attached hydrogen (secondary N) is 1. The molecule has 0 heterocycles. The molecule has 0 aliphatic rings. The van der Waals surface area contributed by atoms with Crippen LogP contribution in [0.25, 0.3) is 0 Å². The zero-order valence-electron chi connectivity index (χ0n) is 10.8. The minimum atomic E-state index is -1.31. The van der Waals surface area contributed by atoms with Gasteiger partial charge in [-0.2, -0.15) is 0 Å². The summed E-state index contributed by atoms with van der Waals surface area (Å²) < 4.78 is 5.32. The maximum Gasteiger partial charge on any atom is 0.328 e. The molecule has 0 spiro atoms. The highest BCUT2D eigenvalue weighted by Gasteiger charge is 2.18. The van der Waals surface area contributed by atoms with Crippen molar-refractivity contribution in [3.05, 3.63) is 29.3 Å². The van der Waals surface area contributed by atoms with Crippen molar-refractivity contribution in [2.24, 2.45) is 0 Å². The third kappa shape index (κ3) is 4.59. The molecule has 0 bridgehead atoms. The van der Waals surface area contributed by atoms with E-state index < -0.39 is 24.5 Å². The van der Waals surface area contributed by atoms with E-state index in [2.05, 4.69) is 5.32 Å². The SMILES string of the molecule is Cc1ccc(C)c(OCC(=O)N[C@@H](CO)C(=O)O)c1. The Morgan fingerprint density at radius 2 is 2.05 bits per heavy atom. The summed E-state index contributed by atoms with van der Waals surface area (Å²) in [7, 11) is 0. The van der Waals surface area contributed by atoms with Crippen LogP contribution >= 0.6 is 0 Å². The molecule has 0 aliphatic carbocycles. The van der Waals surface area contributed by atoms with Crippen molar-refractivity contribution in [3.8, 4) is 5.75 Å². The smallest absolute Gasteiger partial charge is 0.328 e. The lowest BCUT2D eigenvalue weighted by atomic mass is 10.1. The van der Waals surface area contributed by atoms with Gasteiger partial charge in [-0.3, -0.25) is 4.79 Å². The number of carboxylic acid groups (broad SMARTS) is 1. The van der Waals surface area contributed by atoms with Gasteiger partial charge < -0.3 is 20.3 Å². The van der Waals surface area contributed by atoms with E-state index in [0.717, 1.165) is 11.1 Å². The van der Waals surface area contributed by atoms with Crippen LogP contribution in [0.3, 0.4) is 0 Å². The van der Waals surface area contributed by atoms with Gasteiger partial charge in [-0.15, -0.1) is 0 Å². The highest BCUT2D eigenvalue weighted by molar-refractivity contribution is 5.84. The van der Waals surface area contributed by atoms with Crippen LogP contribution in [0.2, 0.25) is 0 Å². The molecule has 6 heteroatoms. The third-order valence-electron chi connectivity index (χ3n) is 2.52. The number of carbonyl (C=O) groups is 2. The number of hydrogen-bond acceptors (Lipinski definition) is 4. The number of aryl methyl sites for hydroxylation is 2. The first-order valence-electron chi connectivity index (χ1n) is 5.77. The molecule has 0 aromatic heterocycles. The molecule has 1 amide bonds. The Bertz CT molecular complexity index is 472. The van der Waals surface area contributed by atoms with Crippen molar-refractivity contribution in [3.63, 3.8) is 0 Å². The zero-order chi connectivity index (χ0) is 14.4. The number of carbonyl (C=O) groups excluding carboxylic acids is 1. The maximum atomic E-state index is 11.5. The molecule has 0 unspecified atom stereocenters. The number of aliphatic carboxylic acids is 1. The Balaban J connectivity index is 2.54. The van der Waals surface area contributed by atoms with Gasteiger partial charge in [0.05, 0.1) is 6.61 Å². The molecule has 1 atom stereocenters. The van der Waals surface area contributed by atoms with Crippen LogP contribution in [0.4, 0.5) is 0 Å². The molecule has 0 fully saturated rings. The highest BCUT2D eigenvalue weighted by atomic mass is 16.5. The van der Waals surface area contributed by atoms with Crippen molar-refractivity contribution < 1.29 is 24.5 Å². The largest absolute Gasteiger partial charge is 0.483 e. The van der Waals surface area contributed by atoms with E-state index in [1.807, 2.05) is 26.0 Å². The molecule has 0 saturated heterocycles. The van der Waals surface area contributed by atoms with Gasteiger partial charge in [-0.05, 0) is 31.0 Å². The lowest BCUT2D eigenvalue weighted by molar-refractivity contribution is -0.143. The summed E-state index contributed by atoms with van der Waals surface area (Å²) in [5.74, 6) is -1.31. The number of benzene rings is 1. The Morgan fingerprint density at radius 1 is 1.37 bits per heavy atom. The Kier molecular flexibility index (Phi) is 5.32. The minimum Gasteiger partial charge on any atom is -0.483 e. The fourth-order valence-corrected chi connectivity index (χ4v) is 1.43. The summed E-state index contributed by atoms with van der Waals surface area (Å²) in [6, 6.07) is 4.28. The zero-order valence-corrected chi connectivity index (χ0v) is 10.8. The summed E-state index contributed by atoms with van der Waals surface area (Å²) in [5, 5.41) is 19.6. The van der Waals surface area contributed by atoms with Gasteiger partial charge in [0.25, 0.3) is 5.91 Å². The van der Waals surface area contributed by atoms with Crippen LogP contribution in [0, 0.1) is 13.8 Å². The summed E-state index contributed by atoms with van der Waals surface area (Å²) >= 11 is 0. The van der Waals surface area contributed by atoms with Gasteiger partial charge in [-0.1, -0.05) is 12.1 Å². The molecule has 1 aromatic carbocycles. The van der Waals surface area contributed by atoms with E-state index in [4.69, 9.17) is 14.9 Å². The number of rotatable bonds is 6. The van der Waals surface area contributed by atoms with Gasteiger partial charge in [0.15, 0.2) is 6.61 Å². The quantitative estimate of drug-likeness (QED) is 0.686. The number of aliphatic hydroxyl groups excluding tert-OH is 1. The van der Waals surface area contributed by atoms with E-state index >= 15 is 0 Å². The number of aliphatic hydroxyl groups is 1. The van der Waals surface area contributed by atoms with Crippen molar-refractivity contribution >= 4 is 11.9 Å². The first-order chi connectivity index (χ1) is 8.93. The topological polar surface area (TPSA) is 95.9 Å². The van der Waals surface area contributed by atoms with Crippen molar-refractivity contribution in [1.29, 1.82) is 0 Å². The number of hydrogen-bond donors (Lipinski definition) is 3. The molecule has 3 N–H and O–H groups in total. The van der Waals surface area contributed by atoms with E-state index in [9.17, 15) is 9.59 Å². The number of amides is 1. The normalized spacial score (nSPS) is 11.7. The van der Waals surface area contributed by atoms with E-state index in [0.29, 0.717) is 5.75 Å². The van der Waals surface area contributed by atoms with E-state index in [1.165, 1.54) is 0 Å². The van der Waals surface area contributed by atoms with Crippen molar-refractivity contribution in [2.45, 2.75) is 19.9 Å². The first kappa shape index (κ1) is 15.0. The Labute approximate surface area is 111 Å². The monoisotopic (exact) mass is 267 g/mol. The van der Waals surface area contributed by atoms with Crippen LogP contribution in [0.1, 0.15) is 11.1 Å². The molecular weight excluding hydrogens is 250 g/mol. The molecule has 104 valence electrons. The van der Waals surface area contributed by atoms with Crippen molar-refractivity contribution in [1.82, 2.24) is 5.32 Å². The van der Waals surface area contributed by atoms with Gasteiger partial charge in [0, 0.05) is 0 Å². The van der Waals surface area contributed by atoms with E-state index in [1.54, 1.807) is 6.07 Å². The van der Waals surface area contributed by atoms with Crippen LogP contribution in [-0.4, -0.2) is 41.3 Å². The molecule has 0 radical (unpaired) electrons. The summed E-state index contributed by atoms with van der Waals surface area (Å²) in [5.41, 5.74) is 1.88. The van der Waals surface area contributed by atoms with Crippen LogP contribution < -0.4 is 10.1 Å². The van der Waals surface area contributed by atoms with Gasteiger partial charge in [0.1, 0.15) is 11.8 Å². The lowest BCUT2D eigenvalue weighted by Crippen LogP contribution is -2.45. The van der Waals surface area contributed by atoms with Gasteiger partial charge in [-0.25, -0.2) is 4.79 Å². The maximum absolute atomic E-state index is 11.5. The van der Waals surface area contributed by atoms with Crippen LogP contribution in [-0.2, 0) is 9.59 Å². The summed E-state index contributed by atoms with van der Waals surface area (Å²) in [6.45, 7) is 2.79. The average molecular weight is 267 g/mol. The van der Waals surface area contributed by atoms with Crippen LogP contribution in [0.5, 0.6) is 5.75 Å². The molecule has 6 nitrogen and oxygen atoms in total. The molecule has 19 heavy (non-hydrogen) atoms.